The van der Waals surface area contributed by atoms with E-state index in [9.17, 15) is 4.79 Å². The predicted octanol–water partition coefficient (Wildman–Crippen LogP) is 9.08. The van der Waals surface area contributed by atoms with Gasteiger partial charge in [0.15, 0.2) is 16.6 Å². The van der Waals surface area contributed by atoms with Crippen molar-refractivity contribution in [1.82, 2.24) is 0 Å². The van der Waals surface area contributed by atoms with Crippen LogP contribution in [0.4, 0.5) is 0 Å². The molecule has 4 atom stereocenters. The lowest BCUT2D eigenvalue weighted by Crippen LogP contribution is -2.48. The Hall–Kier alpha value is -0.496. The van der Waals surface area contributed by atoms with E-state index in [2.05, 4.69) is 100 Å². The molecule has 0 amide bonds. The Balaban J connectivity index is 3.33. The van der Waals surface area contributed by atoms with Crippen molar-refractivity contribution in [1.29, 1.82) is 0 Å². The molecule has 0 aromatic heterocycles. The van der Waals surface area contributed by atoms with Gasteiger partial charge in [-0.1, -0.05) is 86.0 Å². The first kappa shape index (κ1) is 31.5. The maximum atomic E-state index is 13.0. The standard InChI is InChI=1S/C29H56O3Si2/c1-14-16-17-20-29(9,32-34(12,13)28(6,7)8)21-19-24-23(18-15-2)25(30)22-26(24)31-33(10,11)27(3,4)5/h15,19,21,23-24,26H,2,14,16-18,20,22H2,1,3-13H3/t23-,24-,26?,29?/m1/s1. The van der Waals surface area contributed by atoms with Crippen molar-refractivity contribution in [2.45, 2.75) is 142 Å². The zero-order chi connectivity index (χ0) is 26.6. The lowest BCUT2D eigenvalue weighted by molar-refractivity contribution is -0.121. The van der Waals surface area contributed by atoms with Gasteiger partial charge in [0.05, 0.1) is 11.7 Å². The average molecular weight is 509 g/mol. The third kappa shape index (κ3) is 8.28. The maximum absolute atomic E-state index is 13.0. The number of hydrogen-bond donors (Lipinski definition) is 0. The molecule has 1 aliphatic carbocycles. The van der Waals surface area contributed by atoms with Crippen LogP contribution >= 0.6 is 0 Å². The van der Waals surface area contributed by atoms with E-state index in [-0.39, 0.29) is 33.6 Å². The van der Waals surface area contributed by atoms with Crippen molar-refractivity contribution in [2.75, 3.05) is 0 Å². The lowest BCUT2D eigenvalue weighted by atomic mass is 9.88. The number of hydrogen-bond acceptors (Lipinski definition) is 3. The molecule has 5 heteroatoms. The largest absolute Gasteiger partial charge is 0.413 e. The summed E-state index contributed by atoms with van der Waals surface area (Å²) in [6.45, 7) is 31.4. The number of rotatable bonds is 12. The Labute approximate surface area is 214 Å². The fourth-order valence-corrected chi connectivity index (χ4v) is 7.30. The summed E-state index contributed by atoms with van der Waals surface area (Å²) in [5.74, 6) is 0.348. The second-order valence-electron chi connectivity index (χ2n) is 13.8. The van der Waals surface area contributed by atoms with E-state index >= 15 is 0 Å². The maximum Gasteiger partial charge on any atom is 0.193 e. The van der Waals surface area contributed by atoms with E-state index in [1.807, 2.05) is 6.08 Å². The van der Waals surface area contributed by atoms with Crippen molar-refractivity contribution < 1.29 is 13.6 Å². The fourth-order valence-electron chi connectivity index (χ4n) is 4.31. The molecule has 198 valence electrons. The van der Waals surface area contributed by atoms with Gasteiger partial charge in [0, 0.05) is 18.3 Å². The van der Waals surface area contributed by atoms with E-state index in [1.54, 1.807) is 0 Å². The molecule has 0 spiro atoms. The summed E-state index contributed by atoms with van der Waals surface area (Å²) in [6, 6.07) is 0. The van der Waals surface area contributed by atoms with Crippen molar-refractivity contribution in [3.8, 4) is 0 Å². The molecule has 1 aliphatic rings. The van der Waals surface area contributed by atoms with Gasteiger partial charge in [-0.3, -0.25) is 4.79 Å². The summed E-state index contributed by atoms with van der Waals surface area (Å²) in [5.41, 5.74) is -0.329. The molecule has 2 unspecified atom stereocenters. The highest BCUT2D eigenvalue weighted by atomic mass is 28.4. The first-order valence-electron chi connectivity index (χ1n) is 13.5. The van der Waals surface area contributed by atoms with Gasteiger partial charge in [0.25, 0.3) is 0 Å². The van der Waals surface area contributed by atoms with Crippen LogP contribution in [0, 0.1) is 11.8 Å². The minimum Gasteiger partial charge on any atom is -0.413 e. The molecule has 1 rings (SSSR count). The fraction of sp³-hybridized carbons (Fsp3) is 0.828. The van der Waals surface area contributed by atoms with Crippen LogP contribution in [0.1, 0.15) is 93.9 Å². The number of unbranched alkanes of at least 4 members (excludes halogenated alkanes) is 2. The van der Waals surface area contributed by atoms with E-state index in [1.165, 1.54) is 12.8 Å². The van der Waals surface area contributed by atoms with Gasteiger partial charge in [-0.05, 0) is 56.0 Å². The van der Waals surface area contributed by atoms with E-state index in [4.69, 9.17) is 8.85 Å². The van der Waals surface area contributed by atoms with Crippen LogP contribution in [0.3, 0.4) is 0 Å². The minimum absolute atomic E-state index is 0.0451. The number of carbonyl (C=O) groups is 1. The highest BCUT2D eigenvalue weighted by Crippen LogP contribution is 2.44. The van der Waals surface area contributed by atoms with Crippen LogP contribution in [0.15, 0.2) is 24.8 Å². The van der Waals surface area contributed by atoms with Crippen LogP contribution in [0.25, 0.3) is 0 Å². The molecule has 0 heterocycles. The van der Waals surface area contributed by atoms with Crippen molar-refractivity contribution >= 4 is 22.4 Å². The molecule has 3 nitrogen and oxygen atoms in total. The summed E-state index contributed by atoms with van der Waals surface area (Å²) in [7, 11) is -3.96. The number of allylic oxidation sites excluding steroid dienone is 1. The van der Waals surface area contributed by atoms with Crippen LogP contribution in [0.2, 0.25) is 36.3 Å². The summed E-state index contributed by atoms with van der Waals surface area (Å²) in [6.07, 6.45) is 12.2. The smallest absolute Gasteiger partial charge is 0.193 e. The third-order valence-corrected chi connectivity index (χ3v) is 17.7. The molecule has 0 aromatic carbocycles. The Bertz CT molecular complexity index is 712. The quantitative estimate of drug-likeness (QED) is 0.150. The van der Waals surface area contributed by atoms with Crippen molar-refractivity contribution in [2.24, 2.45) is 11.8 Å². The Morgan fingerprint density at radius 3 is 2.00 bits per heavy atom. The second kappa shape index (κ2) is 11.7. The minimum atomic E-state index is -1.99. The topological polar surface area (TPSA) is 35.5 Å². The van der Waals surface area contributed by atoms with Crippen LogP contribution in [-0.4, -0.2) is 34.1 Å². The molecule has 34 heavy (non-hydrogen) atoms. The molecule has 0 bridgehead atoms. The first-order valence-corrected chi connectivity index (χ1v) is 19.3. The molecule has 0 N–H and O–H groups in total. The van der Waals surface area contributed by atoms with Gasteiger partial charge in [0.2, 0.25) is 0 Å². The molecule has 0 saturated heterocycles. The number of carbonyl (C=O) groups excluding carboxylic acids is 1. The van der Waals surface area contributed by atoms with Crippen LogP contribution in [0.5, 0.6) is 0 Å². The molecule has 0 aliphatic heterocycles. The molecular weight excluding hydrogens is 452 g/mol. The van der Waals surface area contributed by atoms with Crippen LogP contribution in [-0.2, 0) is 13.6 Å². The van der Waals surface area contributed by atoms with Gasteiger partial charge in [-0.15, -0.1) is 6.58 Å². The second-order valence-corrected chi connectivity index (χ2v) is 23.3. The summed E-state index contributed by atoms with van der Waals surface area (Å²) >= 11 is 0. The number of ketones is 1. The summed E-state index contributed by atoms with van der Waals surface area (Å²) in [5, 5.41) is 0.260. The predicted molar refractivity (Wildman–Crippen MR) is 153 cm³/mol. The van der Waals surface area contributed by atoms with E-state index in [0.29, 0.717) is 18.6 Å². The SMILES string of the molecule is C=CC[C@H]1C(=O)CC(O[Si](C)(C)C(C)(C)C)[C@@H]1C=CC(C)(CCCCC)O[Si](C)(C)C(C)(C)C. The number of Topliss-reactive ketones (excluding diaryl/α,β-unsaturated/α-hetero) is 1. The van der Waals surface area contributed by atoms with E-state index < -0.39 is 16.6 Å². The first-order chi connectivity index (χ1) is 15.3. The van der Waals surface area contributed by atoms with Gasteiger partial charge >= 0.3 is 0 Å². The zero-order valence-electron chi connectivity index (χ0n) is 24.6. The molecule has 0 radical (unpaired) electrons. The molecule has 0 aromatic rings. The van der Waals surface area contributed by atoms with Crippen LogP contribution < -0.4 is 0 Å². The van der Waals surface area contributed by atoms with Gasteiger partial charge < -0.3 is 8.85 Å². The Kier molecular flexibility index (Phi) is 10.9. The summed E-state index contributed by atoms with van der Waals surface area (Å²) < 4.78 is 13.9. The van der Waals surface area contributed by atoms with Crippen molar-refractivity contribution in [3.63, 3.8) is 0 Å². The Morgan fingerprint density at radius 1 is 0.971 bits per heavy atom. The highest BCUT2D eigenvalue weighted by molar-refractivity contribution is 6.74. The lowest BCUT2D eigenvalue weighted by Gasteiger charge is -2.43. The molecular formula is C29H56O3Si2. The van der Waals surface area contributed by atoms with Gasteiger partial charge in [-0.2, -0.15) is 0 Å². The molecule has 1 saturated carbocycles. The van der Waals surface area contributed by atoms with Gasteiger partial charge in [-0.25, -0.2) is 0 Å². The summed E-state index contributed by atoms with van der Waals surface area (Å²) in [4.78, 5) is 13.0. The van der Waals surface area contributed by atoms with Crippen molar-refractivity contribution in [3.05, 3.63) is 24.8 Å². The van der Waals surface area contributed by atoms with E-state index in [0.717, 1.165) is 12.8 Å². The third-order valence-electron chi connectivity index (χ3n) is 8.62. The normalized spacial score (nSPS) is 24.6. The zero-order valence-corrected chi connectivity index (χ0v) is 26.6. The Morgan fingerprint density at radius 2 is 1.53 bits per heavy atom. The average Bonchev–Trinajstić information content (AvgIpc) is 2.92. The van der Waals surface area contributed by atoms with Gasteiger partial charge in [0.1, 0.15) is 5.78 Å². The monoisotopic (exact) mass is 508 g/mol. The highest BCUT2D eigenvalue weighted by Gasteiger charge is 2.47. The molecule has 1 fully saturated rings.